The molecule has 0 aliphatic heterocycles. The van der Waals surface area contributed by atoms with Crippen molar-refractivity contribution in [3.63, 3.8) is 0 Å². The van der Waals surface area contributed by atoms with Gasteiger partial charge in [-0.25, -0.2) is 9.48 Å². The van der Waals surface area contributed by atoms with Crippen molar-refractivity contribution in [2.75, 3.05) is 26.0 Å². The second-order valence-corrected chi connectivity index (χ2v) is 7.19. The van der Waals surface area contributed by atoms with Crippen LogP contribution >= 0.6 is 0 Å². The summed E-state index contributed by atoms with van der Waals surface area (Å²) in [6.07, 6.45) is 0. The predicted octanol–water partition coefficient (Wildman–Crippen LogP) is 2.99. The van der Waals surface area contributed by atoms with Crippen molar-refractivity contribution in [3.05, 3.63) is 77.1 Å². The molecule has 0 unspecified atom stereocenters. The van der Waals surface area contributed by atoms with Gasteiger partial charge in [0.05, 0.1) is 17.1 Å². The number of aromatic nitrogens is 2. The molecule has 2 amide bonds. The Bertz CT molecular complexity index is 1100. The average Bonchev–Trinajstić information content (AvgIpc) is 3.06. The van der Waals surface area contributed by atoms with Gasteiger partial charge in [0.1, 0.15) is 5.56 Å². The SMILES string of the molecule is Cc1nn(-c2ccccc2)c(C)c1C(=O)OCC(=O)Nc1ccc(C(=O)N(C)C)cc1. The molecular weight excluding hydrogens is 396 g/mol. The Morgan fingerprint density at radius 1 is 1.00 bits per heavy atom. The Kier molecular flexibility index (Phi) is 6.49. The van der Waals surface area contributed by atoms with Crippen LogP contribution in [0.4, 0.5) is 5.69 Å². The van der Waals surface area contributed by atoms with Crippen molar-refractivity contribution in [2.45, 2.75) is 13.8 Å². The second kappa shape index (κ2) is 9.25. The maximum absolute atomic E-state index is 12.6. The third-order valence-electron chi connectivity index (χ3n) is 4.65. The van der Waals surface area contributed by atoms with Crippen molar-refractivity contribution in [2.24, 2.45) is 0 Å². The number of amides is 2. The van der Waals surface area contributed by atoms with Crippen molar-refractivity contribution < 1.29 is 19.1 Å². The molecule has 2 aromatic carbocycles. The van der Waals surface area contributed by atoms with Crippen LogP contribution in [0.3, 0.4) is 0 Å². The van der Waals surface area contributed by atoms with E-state index < -0.39 is 18.5 Å². The van der Waals surface area contributed by atoms with Crippen molar-refractivity contribution in [1.29, 1.82) is 0 Å². The Morgan fingerprint density at radius 2 is 1.65 bits per heavy atom. The van der Waals surface area contributed by atoms with Crippen LogP contribution in [0.25, 0.3) is 5.69 Å². The van der Waals surface area contributed by atoms with E-state index in [2.05, 4.69) is 10.4 Å². The summed E-state index contributed by atoms with van der Waals surface area (Å²) in [5.74, 6) is -1.22. The Morgan fingerprint density at radius 3 is 2.26 bits per heavy atom. The predicted molar refractivity (Wildman–Crippen MR) is 116 cm³/mol. The number of carbonyl (C=O) groups is 3. The van der Waals surface area contributed by atoms with Crippen LogP contribution < -0.4 is 5.32 Å². The highest BCUT2D eigenvalue weighted by Gasteiger charge is 2.21. The minimum absolute atomic E-state index is 0.131. The lowest BCUT2D eigenvalue weighted by atomic mass is 10.2. The fourth-order valence-electron chi connectivity index (χ4n) is 3.11. The van der Waals surface area contributed by atoms with Crippen molar-refractivity contribution in [1.82, 2.24) is 14.7 Å². The lowest BCUT2D eigenvalue weighted by Crippen LogP contribution is -2.22. The van der Waals surface area contributed by atoms with Gasteiger partial charge in [0.25, 0.3) is 11.8 Å². The standard InChI is InChI=1S/C23H24N4O4/c1-15-21(16(2)27(25-15)19-8-6-5-7-9-19)23(30)31-14-20(28)24-18-12-10-17(11-13-18)22(29)26(3)4/h5-13H,14H2,1-4H3,(H,24,28). The summed E-state index contributed by atoms with van der Waals surface area (Å²) in [6, 6.07) is 15.9. The zero-order chi connectivity index (χ0) is 22.5. The summed E-state index contributed by atoms with van der Waals surface area (Å²) < 4.78 is 6.87. The van der Waals surface area contributed by atoms with Crippen molar-refractivity contribution >= 4 is 23.5 Å². The molecule has 1 heterocycles. The first-order valence-electron chi connectivity index (χ1n) is 9.68. The molecule has 1 N–H and O–H groups in total. The van der Waals surface area contributed by atoms with Crippen LogP contribution in [0.2, 0.25) is 0 Å². The lowest BCUT2D eigenvalue weighted by molar-refractivity contribution is -0.119. The summed E-state index contributed by atoms with van der Waals surface area (Å²) in [5.41, 5.74) is 3.33. The molecular formula is C23H24N4O4. The van der Waals surface area contributed by atoms with Crippen LogP contribution in [0.15, 0.2) is 54.6 Å². The Labute approximate surface area is 180 Å². The smallest absolute Gasteiger partial charge is 0.342 e. The molecule has 0 atom stereocenters. The van der Waals surface area contributed by atoms with Crippen LogP contribution in [-0.2, 0) is 9.53 Å². The molecule has 1 aromatic heterocycles. The number of aryl methyl sites for hydroxylation is 1. The van der Waals surface area contributed by atoms with E-state index >= 15 is 0 Å². The van der Waals surface area contributed by atoms with Crippen molar-refractivity contribution in [3.8, 4) is 5.69 Å². The fraction of sp³-hybridized carbons (Fsp3) is 0.217. The zero-order valence-corrected chi connectivity index (χ0v) is 17.9. The summed E-state index contributed by atoms with van der Waals surface area (Å²) in [4.78, 5) is 38.1. The number of hydrogen-bond donors (Lipinski definition) is 1. The summed E-state index contributed by atoms with van der Waals surface area (Å²) in [6.45, 7) is 3.06. The first-order chi connectivity index (χ1) is 14.8. The van der Waals surface area contributed by atoms with Gasteiger partial charge in [-0.2, -0.15) is 5.10 Å². The number of anilines is 1. The van der Waals surface area contributed by atoms with Crippen LogP contribution in [0.5, 0.6) is 0 Å². The van der Waals surface area contributed by atoms with Crippen LogP contribution in [-0.4, -0.2) is 53.2 Å². The molecule has 0 saturated carbocycles. The minimum Gasteiger partial charge on any atom is -0.452 e. The number of rotatable bonds is 6. The normalized spacial score (nSPS) is 10.5. The summed E-state index contributed by atoms with van der Waals surface area (Å²) in [7, 11) is 3.33. The first-order valence-corrected chi connectivity index (χ1v) is 9.68. The zero-order valence-electron chi connectivity index (χ0n) is 17.9. The number of benzene rings is 2. The van der Waals surface area contributed by atoms with E-state index in [1.807, 2.05) is 30.3 Å². The highest BCUT2D eigenvalue weighted by molar-refractivity contribution is 5.97. The molecule has 0 fully saturated rings. The molecule has 3 aromatic rings. The maximum Gasteiger partial charge on any atom is 0.342 e. The molecule has 160 valence electrons. The number of ether oxygens (including phenoxy) is 1. The number of carbonyl (C=O) groups excluding carboxylic acids is 3. The summed E-state index contributed by atoms with van der Waals surface area (Å²) in [5, 5.41) is 7.06. The van der Waals surface area contributed by atoms with Gasteiger partial charge in [0, 0.05) is 25.3 Å². The highest BCUT2D eigenvalue weighted by atomic mass is 16.5. The largest absolute Gasteiger partial charge is 0.452 e. The number of esters is 1. The molecule has 3 rings (SSSR count). The van der Waals surface area contributed by atoms with Crippen LogP contribution in [0.1, 0.15) is 32.1 Å². The minimum atomic E-state index is -0.612. The molecule has 0 bridgehead atoms. The van der Waals surface area contributed by atoms with E-state index in [0.717, 1.165) is 5.69 Å². The van der Waals surface area contributed by atoms with E-state index in [4.69, 9.17) is 4.74 Å². The van der Waals surface area contributed by atoms with Crippen LogP contribution in [0, 0.1) is 13.8 Å². The van der Waals surface area contributed by atoms with E-state index in [0.29, 0.717) is 28.2 Å². The third kappa shape index (κ3) is 4.98. The van der Waals surface area contributed by atoms with E-state index in [-0.39, 0.29) is 5.91 Å². The number of nitrogens with zero attached hydrogens (tertiary/aromatic N) is 3. The topological polar surface area (TPSA) is 93.5 Å². The average molecular weight is 420 g/mol. The lowest BCUT2D eigenvalue weighted by Gasteiger charge is -2.11. The number of hydrogen-bond acceptors (Lipinski definition) is 5. The van der Waals surface area contributed by atoms with E-state index in [1.165, 1.54) is 4.90 Å². The van der Waals surface area contributed by atoms with Gasteiger partial charge in [-0.05, 0) is 50.2 Å². The monoisotopic (exact) mass is 420 g/mol. The molecule has 8 nitrogen and oxygen atoms in total. The van der Waals surface area contributed by atoms with Gasteiger partial charge in [0.15, 0.2) is 6.61 Å². The fourth-order valence-corrected chi connectivity index (χ4v) is 3.11. The molecule has 8 heteroatoms. The van der Waals surface area contributed by atoms with E-state index in [9.17, 15) is 14.4 Å². The van der Waals surface area contributed by atoms with Gasteiger partial charge in [0.2, 0.25) is 0 Å². The Hall–Kier alpha value is -3.94. The van der Waals surface area contributed by atoms with Gasteiger partial charge < -0.3 is 15.0 Å². The maximum atomic E-state index is 12.6. The quantitative estimate of drug-likeness (QED) is 0.619. The number of nitrogens with one attached hydrogen (secondary N) is 1. The molecule has 31 heavy (non-hydrogen) atoms. The highest BCUT2D eigenvalue weighted by Crippen LogP contribution is 2.19. The molecule has 0 saturated heterocycles. The van der Waals surface area contributed by atoms with E-state index in [1.54, 1.807) is 56.9 Å². The number of para-hydroxylation sites is 1. The third-order valence-corrected chi connectivity index (χ3v) is 4.65. The molecule has 0 spiro atoms. The molecule has 0 radical (unpaired) electrons. The van der Waals surface area contributed by atoms with Gasteiger partial charge in [-0.15, -0.1) is 0 Å². The Balaban J connectivity index is 1.62. The molecule has 0 aliphatic carbocycles. The van der Waals surface area contributed by atoms with Gasteiger partial charge in [-0.1, -0.05) is 18.2 Å². The van der Waals surface area contributed by atoms with Gasteiger partial charge in [-0.3, -0.25) is 9.59 Å². The second-order valence-electron chi connectivity index (χ2n) is 7.19. The van der Waals surface area contributed by atoms with Gasteiger partial charge >= 0.3 is 5.97 Å². The molecule has 0 aliphatic rings. The summed E-state index contributed by atoms with van der Waals surface area (Å²) >= 11 is 0. The first kappa shape index (κ1) is 21.8.